The Morgan fingerprint density at radius 1 is 1.12 bits per heavy atom. The van der Waals surface area contributed by atoms with Crippen molar-refractivity contribution in [3.63, 3.8) is 0 Å². The van der Waals surface area contributed by atoms with Gasteiger partial charge in [0.05, 0.1) is 17.5 Å². The molecule has 24 heavy (non-hydrogen) atoms. The van der Waals surface area contributed by atoms with Crippen LogP contribution < -0.4 is 9.80 Å². The molecule has 1 aliphatic rings. The molecule has 1 heterocycles. The van der Waals surface area contributed by atoms with E-state index >= 15 is 0 Å². The maximum Gasteiger partial charge on any atom is 0.223 e. The van der Waals surface area contributed by atoms with Crippen molar-refractivity contribution in [3.05, 3.63) is 59.9 Å². The Morgan fingerprint density at radius 3 is 2.50 bits per heavy atom. The number of aliphatic hydroxyl groups excluding tert-OH is 1. The summed E-state index contributed by atoms with van der Waals surface area (Å²) in [6, 6.07) is 13.9. The highest BCUT2D eigenvalue weighted by atomic mass is 19.1. The third-order valence-corrected chi connectivity index (χ3v) is 4.36. The molecule has 1 N–H and O–H groups in total. The quantitative estimate of drug-likeness (QED) is 0.941. The normalized spacial score (nSPS) is 15.6. The molecular weight excluding hydrogens is 307 g/mol. The van der Waals surface area contributed by atoms with Crippen LogP contribution in [0.3, 0.4) is 0 Å². The fourth-order valence-corrected chi connectivity index (χ4v) is 3.19. The van der Waals surface area contributed by atoms with Gasteiger partial charge in [0.15, 0.2) is 0 Å². The second kappa shape index (κ2) is 7.01. The van der Waals surface area contributed by atoms with Gasteiger partial charge in [0.2, 0.25) is 5.91 Å². The van der Waals surface area contributed by atoms with E-state index in [-0.39, 0.29) is 12.5 Å². The molecule has 0 aliphatic carbocycles. The zero-order chi connectivity index (χ0) is 17.1. The minimum absolute atomic E-state index is 0.000970. The van der Waals surface area contributed by atoms with Gasteiger partial charge in [-0.3, -0.25) is 4.79 Å². The van der Waals surface area contributed by atoms with Crippen LogP contribution in [0.2, 0.25) is 0 Å². The first-order valence-corrected chi connectivity index (χ1v) is 8.12. The average Bonchev–Trinajstić information content (AvgIpc) is 2.75. The van der Waals surface area contributed by atoms with Gasteiger partial charge in [-0.25, -0.2) is 4.39 Å². The molecular formula is C19H21FN2O2. The molecule has 1 atom stereocenters. The fourth-order valence-electron chi connectivity index (χ4n) is 3.19. The first kappa shape index (κ1) is 16.5. The lowest BCUT2D eigenvalue weighted by Gasteiger charge is -2.28. The molecule has 1 aliphatic heterocycles. The molecule has 0 fully saturated rings. The maximum atomic E-state index is 13.9. The van der Waals surface area contributed by atoms with Crippen LogP contribution in [-0.2, 0) is 4.79 Å². The summed E-state index contributed by atoms with van der Waals surface area (Å²) in [6.07, 6.45) is -0.138. The number of hydrogen-bond donors (Lipinski definition) is 1. The van der Waals surface area contributed by atoms with Crippen LogP contribution in [0.4, 0.5) is 15.8 Å². The molecule has 5 heteroatoms. The van der Waals surface area contributed by atoms with E-state index in [1.54, 1.807) is 30.0 Å². The summed E-state index contributed by atoms with van der Waals surface area (Å²) in [4.78, 5) is 15.7. The Hall–Kier alpha value is -2.40. The summed E-state index contributed by atoms with van der Waals surface area (Å²) in [7, 11) is 0. The third kappa shape index (κ3) is 3.26. The van der Waals surface area contributed by atoms with Gasteiger partial charge in [-0.1, -0.05) is 30.3 Å². The molecule has 0 aromatic heterocycles. The monoisotopic (exact) mass is 328 g/mol. The highest BCUT2D eigenvalue weighted by Crippen LogP contribution is 2.33. The smallest absolute Gasteiger partial charge is 0.223 e. The SMILES string of the molecule is CC(=O)N1CCCN(CC(O)c2ccccc2F)c2ccccc21. The summed E-state index contributed by atoms with van der Waals surface area (Å²) >= 11 is 0. The molecule has 0 saturated carbocycles. The fraction of sp³-hybridized carbons (Fsp3) is 0.316. The number of fused-ring (bicyclic) bond motifs is 1. The summed E-state index contributed by atoms with van der Waals surface area (Å²) < 4.78 is 13.9. The van der Waals surface area contributed by atoms with Crippen LogP contribution in [0, 0.1) is 5.82 Å². The van der Waals surface area contributed by atoms with Crippen LogP contribution >= 0.6 is 0 Å². The number of carbonyl (C=O) groups excluding carboxylic acids is 1. The van der Waals surface area contributed by atoms with E-state index in [9.17, 15) is 14.3 Å². The number of benzene rings is 2. The third-order valence-electron chi connectivity index (χ3n) is 4.36. The molecule has 0 saturated heterocycles. The number of halogens is 1. The lowest BCUT2D eigenvalue weighted by molar-refractivity contribution is -0.116. The molecule has 0 radical (unpaired) electrons. The summed E-state index contributed by atoms with van der Waals surface area (Å²) in [5, 5.41) is 10.5. The topological polar surface area (TPSA) is 43.8 Å². The highest BCUT2D eigenvalue weighted by Gasteiger charge is 2.24. The number of anilines is 2. The summed E-state index contributed by atoms with van der Waals surface area (Å²) in [5.41, 5.74) is 2.02. The van der Waals surface area contributed by atoms with Gasteiger partial charge < -0.3 is 14.9 Å². The largest absolute Gasteiger partial charge is 0.386 e. The molecule has 126 valence electrons. The Labute approximate surface area is 141 Å². The van der Waals surface area contributed by atoms with Crippen molar-refractivity contribution in [2.45, 2.75) is 19.4 Å². The zero-order valence-electron chi connectivity index (χ0n) is 13.7. The van der Waals surface area contributed by atoms with Gasteiger partial charge in [0, 0.05) is 32.1 Å². The Kier molecular flexibility index (Phi) is 4.81. The average molecular weight is 328 g/mol. The van der Waals surface area contributed by atoms with Gasteiger partial charge >= 0.3 is 0 Å². The predicted octanol–water partition coefficient (Wildman–Crippen LogP) is 3.12. The number of β-amino-alcohol motifs (C(OH)–C–C–N with tert-alkyl or cyclic N) is 1. The lowest BCUT2D eigenvalue weighted by Crippen LogP contribution is -2.29. The van der Waals surface area contributed by atoms with Crippen LogP contribution in [-0.4, -0.2) is 30.6 Å². The van der Waals surface area contributed by atoms with Crippen LogP contribution in [0.5, 0.6) is 0 Å². The van der Waals surface area contributed by atoms with Crippen LogP contribution in [0.25, 0.3) is 0 Å². The lowest BCUT2D eigenvalue weighted by atomic mass is 10.1. The second-order valence-electron chi connectivity index (χ2n) is 6.00. The molecule has 2 aromatic carbocycles. The van der Waals surface area contributed by atoms with E-state index in [4.69, 9.17) is 0 Å². The maximum absolute atomic E-state index is 13.9. The van der Waals surface area contributed by atoms with Gasteiger partial charge in [-0.2, -0.15) is 0 Å². The van der Waals surface area contributed by atoms with Crippen molar-refractivity contribution in [2.24, 2.45) is 0 Å². The minimum Gasteiger partial charge on any atom is -0.386 e. The highest BCUT2D eigenvalue weighted by molar-refractivity contribution is 5.95. The molecule has 4 nitrogen and oxygen atoms in total. The van der Waals surface area contributed by atoms with Crippen molar-refractivity contribution in [1.82, 2.24) is 0 Å². The van der Waals surface area contributed by atoms with Crippen molar-refractivity contribution < 1.29 is 14.3 Å². The first-order valence-electron chi connectivity index (χ1n) is 8.12. The number of hydrogen-bond acceptors (Lipinski definition) is 3. The predicted molar refractivity (Wildman–Crippen MR) is 92.7 cm³/mol. The number of amides is 1. The standard InChI is InChI=1S/C19H21FN2O2/c1-14(23)22-12-6-11-21(17-9-4-5-10-18(17)22)13-19(24)15-7-2-3-8-16(15)20/h2-5,7-10,19,24H,6,11-13H2,1H3. The van der Waals surface area contributed by atoms with Crippen LogP contribution in [0.15, 0.2) is 48.5 Å². The van der Waals surface area contributed by atoms with E-state index in [2.05, 4.69) is 0 Å². The summed E-state index contributed by atoms with van der Waals surface area (Å²) in [5.74, 6) is -0.405. The van der Waals surface area contributed by atoms with E-state index < -0.39 is 11.9 Å². The van der Waals surface area contributed by atoms with Gasteiger partial charge in [-0.15, -0.1) is 0 Å². The number of carbonyl (C=O) groups is 1. The number of nitrogens with zero attached hydrogens (tertiary/aromatic N) is 2. The van der Waals surface area contributed by atoms with Gasteiger partial charge in [0.25, 0.3) is 0 Å². The molecule has 2 aromatic rings. The van der Waals surface area contributed by atoms with E-state index in [1.165, 1.54) is 6.07 Å². The van der Waals surface area contributed by atoms with E-state index in [0.717, 1.165) is 17.8 Å². The Bertz CT molecular complexity index is 735. The van der Waals surface area contributed by atoms with E-state index in [0.29, 0.717) is 18.7 Å². The number of aliphatic hydroxyl groups is 1. The molecule has 3 rings (SSSR count). The minimum atomic E-state index is -0.928. The van der Waals surface area contributed by atoms with Gasteiger partial charge in [0.1, 0.15) is 5.82 Å². The summed E-state index contributed by atoms with van der Waals surface area (Å²) in [6.45, 7) is 3.18. The second-order valence-corrected chi connectivity index (χ2v) is 6.00. The number of rotatable bonds is 3. The van der Waals surface area contributed by atoms with Crippen molar-refractivity contribution in [3.8, 4) is 0 Å². The first-order chi connectivity index (χ1) is 11.6. The van der Waals surface area contributed by atoms with Crippen molar-refractivity contribution in [2.75, 3.05) is 29.4 Å². The van der Waals surface area contributed by atoms with Gasteiger partial charge in [-0.05, 0) is 24.6 Å². The molecule has 1 amide bonds. The molecule has 0 bridgehead atoms. The zero-order valence-corrected chi connectivity index (χ0v) is 13.7. The van der Waals surface area contributed by atoms with Crippen molar-refractivity contribution >= 4 is 17.3 Å². The molecule has 0 spiro atoms. The van der Waals surface area contributed by atoms with Crippen LogP contribution in [0.1, 0.15) is 25.0 Å². The molecule has 1 unspecified atom stereocenters. The Morgan fingerprint density at radius 2 is 1.79 bits per heavy atom. The number of para-hydroxylation sites is 2. The van der Waals surface area contributed by atoms with Crippen molar-refractivity contribution in [1.29, 1.82) is 0 Å². The van der Waals surface area contributed by atoms with E-state index in [1.807, 2.05) is 29.2 Å². The Balaban J connectivity index is 1.89.